The Bertz CT molecular complexity index is 274. The molecule has 1 nitrogen and oxygen atoms in total. The fourth-order valence-electron chi connectivity index (χ4n) is 1.45. The average molecular weight is 158 g/mol. The molecule has 12 heavy (non-hydrogen) atoms. The van der Waals surface area contributed by atoms with Gasteiger partial charge in [0.1, 0.15) is 0 Å². The first-order valence-corrected chi connectivity index (χ1v) is 4.37. The van der Waals surface area contributed by atoms with Crippen LogP contribution < -0.4 is 0 Å². The molecule has 0 aromatic heterocycles. The number of hydrogen-bond donors (Lipinski definition) is 0. The lowest BCUT2D eigenvalue weighted by atomic mass is 10.0. The van der Waals surface area contributed by atoms with Gasteiger partial charge >= 0.3 is 0 Å². The van der Waals surface area contributed by atoms with Crippen LogP contribution in [0.2, 0.25) is 0 Å². The van der Waals surface area contributed by atoms with E-state index in [0.717, 1.165) is 13.0 Å². The van der Waals surface area contributed by atoms with Crippen molar-refractivity contribution in [1.82, 2.24) is 0 Å². The number of aliphatic imine (C=N–C) groups is 1. The molecular formula is C11H12N. The monoisotopic (exact) mass is 158 g/mol. The zero-order valence-corrected chi connectivity index (χ0v) is 7.03. The van der Waals surface area contributed by atoms with Crippen LogP contribution in [0, 0.1) is 6.42 Å². The molecule has 0 bridgehead atoms. The summed E-state index contributed by atoms with van der Waals surface area (Å²) in [6.45, 7) is 0.893. The minimum atomic E-state index is 0.893. The molecule has 1 aliphatic heterocycles. The summed E-state index contributed by atoms with van der Waals surface area (Å²) in [5.41, 5.74) is 2.55. The lowest BCUT2D eigenvalue weighted by Crippen LogP contribution is -2.07. The van der Waals surface area contributed by atoms with E-state index in [1.807, 2.05) is 6.07 Å². The third kappa shape index (κ3) is 1.55. The van der Waals surface area contributed by atoms with Crippen LogP contribution in [0.15, 0.2) is 35.3 Å². The average Bonchev–Trinajstić information content (AvgIpc) is 2.21. The number of nitrogens with zero attached hydrogens (tertiary/aromatic N) is 1. The number of hydrogen-bond acceptors (Lipinski definition) is 1. The van der Waals surface area contributed by atoms with Crippen molar-refractivity contribution in [1.29, 1.82) is 0 Å². The second kappa shape index (κ2) is 3.53. The van der Waals surface area contributed by atoms with Gasteiger partial charge in [-0.1, -0.05) is 30.3 Å². The molecule has 0 spiro atoms. The number of benzene rings is 1. The molecule has 0 saturated carbocycles. The highest BCUT2D eigenvalue weighted by Gasteiger charge is 2.06. The van der Waals surface area contributed by atoms with Crippen LogP contribution in [0.1, 0.15) is 18.4 Å². The Hall–Kier alpha value is -1.11. The molecule has 2 rings (SSSR count). The summed E-state index contributed by atoms with van der Waals surface area (Å²) in [5.74, 6) is 0. The van der Waals surface area contributed by atoms with Gasteiger partial charge in [-0.3, -0.25) is 4.99 Å². The van der Waals surface area contributed by atoms with E-state index in [1.165, 1.54) is 17.7 Å². The van der Waals surface area contributed by atoms with Crippen molar-refractivity contribution >= 4 is 5.71 Å². The van der Waals surface area contributed by atoms with Gasteiger partial charge in [0.2, 0.25) is 0 Å². The van der Waals surface area contributed by atoms with E-state index in [2.05, 4.69) is 35.7 Å². The van der Waals surface area contributed by atoms with Crippen LogP contribution in [-0.2, 0) is 0 Å². The summed E-state index contributed by atoms with van der Waals surface area (Å²) >= 11 is 0. The van der Waals surface area contributed by atoms with Crippen molar-refractivity contribution in [3.63, 3.8) is 0 Å². The summed E-state index contributed by atoms with van der Waals surface area (Å²) in [5, 5.41) is 0. The minimum absolute atomic E-state index is 0.893. The summed E-state index contributed by atoms with van der Waals surface area (Å²) in [6.07, 6.45) is 4.50. The first-order valence-electron chi connectivity index (χ1n) is 4.37. The van der Waals surface area contributed by atoms with E-state index < -0.39 is 0 Å². The van der Waals surface area contributed by atoms with Gasteiger partial charge < -0.3 is 0 Å². The van der Waals surface area contributed by atoms with Gasteiger partial charge in [-0.05, 0) is 24.8 Å². The maximum Gasteiger partial charge on any atom is 0.0424 e. The molecular weight excluding hydrogens is 146 g/mol. The van der Waals surface area contributed by atoms with Gasteiger partial charge in [-0.15, -0.1) is 0 Å². The molecule has 1 radical (unpaired) electrons. The highest BCUT2D eigenvalue weighted by molar-refractivity contribution is 6.01. The fourth-order valence-corrected chi connectivity index (χ4v) is 1.45. The van der Waals surface area contributed by atoms with Crippen molar-refractivity contribution in [2.45, 2.75) is 12.8 Å². The Labute approximate surface area is 73.1 Å². The molecule has 1 heteroatoms. The maximum atomic E-state index is 4.46. The smallest absolute Gasteiger partial charge is 0.0424 e. The Balaban J connectivity index is 2.24. The van der Waals surface area contributed by atoms with E-state index >= 15 is 0 Å². The van der Waals surface area contributed by atoms with Crippen LogP contribution in [0.3, 0.4) is 0 Å². The molecule has 1 aliphatic rings. The molecule has 0 N–H and O–H groups in total. The minimum Gasteiger partial charge on any atom is -0.289 e. The predicted octanol–water partition coefficient (Wildman–Crippen LogP) is 2.47. The van der Waals surface area contributed by atoms with Crippen molar-refractivity contribution in [2.24, 2.45) is 4.99 Å². The van der Waals surface area contributed by atoms with Gasteiger partial charge in [-0.25, -0.2) is 0 Å². The normalized spacial score (nSPS) is 17.2. The van der Waals surface area contributed by atoms with Gasteiger partial charge in [0.05, 0.1) is 0 Å². The zero-order valence-electron chi connectivity index (χ0n) is 7.03. The van der Waals surface area contributed by atoms with Crippen LogP contribution >= 0.6 is 0 Å². The van der Waals surface area contributed by atoms with Crippen molar-refractivity contribution in [3.05, 3.63) is 42.3 Å². The van der Waals surface area contributed by atoms with Gasteiger partial charge in [-0.2, -0.15) is 0 Å². The van der Waals surface area contributed by atoms with Gasteiger partial charge in [0.15, 0.2) is 0 Å². The Kier molecular flexibility index (Phi) is 2.21. The quantitative estimate of drug-likeness (QED) is 0.595. The second-order valence-electron chi connectivity index (χ2n) is 2.98. The highest BCUT2D eigenvalue weighted by Crippen LogP contribution is 2.11. The molecule has 1 aromatic carbocycles. The van der Waals surface area contributed by atoms with Crippen LogP contribution in [0.5, 0.6) is 0 Å². The molecule has 1 heterocycles. The predicted molar refractivity (Wildman–Crippen MR) is 51.4 cm³/mol. The van der Waals surface area contributed by atoms with Crippen LogP contribution in [0.4, 0.5) is 0 Å². The summed E-state index contributed by atoms with van der Waals surface area (Å²) < 4.78 is 0. The second-order valence-corrected chi connectivity index (χ2v) is 2.98. The van der Waals surface area contributed by atoms with Crippen LogP contribution in [0.25, 0.3) is 0 Å². The molecule has 0 unspecified atom stereocenters. The first kappa shape index (κ1) is 7.53. The molecule has 0 aliphatic carbocycles. The maximum absolute atomic E-state index is 4.46. The third-order valence-electron chi connectivity index (χ3n) is 2.10. The van der Waals surface area contributed by atoms with Gasteiger partial charge in [0, 0.05) is 12.3 Å². The molecule has 1 aromatic rings. The van der Waals surface area contributed by atoms with E-state index in [0.29, 0.717) is 0 Å². The fraction of sp³-hybridized carbons (Fsp3) is 0.273. The summed E-state index contributed by atoms with van der Waals surface area (Å²) in [7, 11) is 0. The standard InChI is InChI=1S/C11H12N/c1-2-6-10(7-3-1)11-8-4-5-9-12-11/h1-3,5-7H,4,8-9H2. The van der Waals surface area contributed by atoms with Gasteiger partial charge in [0.25, 0.3) is 0 Å². The first-order chi connectivity index (χ1) is 5.97. The highest BCUT2D eigenvalue weighted by atomic mass is 14.7. The van der Waals surface area contributed by atoms with Crippen molar-refractivity contribution < 1.29 is 0 Å². The molecule has 0 fully saturated rings. The van der Waals surface area contributed by atoms with E-state index in [1.54, 1.807) is 0 Å². The molecule has 0 atom stereocenters. The Morgan fingerprint density at radius 1 is 1.08 bits per heavy atom. The molecule has 0 saturated heterocycles. The lowest BCUT2D eigenvalue weighted by molar-refractivity contribution is 0.898. The van der Waals surface area contributed by atoms with E-state index in [4.69, 9.17) is 0 Å². The number of rotatable bonds is 1. The Morgan fingerprint density at radius 2 is 1.92 bits per heavy atom. The summed E-state index contributed by atoms with van der Waals surface area (Å²) in [4.78, 5) is 4.46. The Morgan fingerprint density at radius 3 is 2.58 bits per heavy atom. The summed E-state index contributed by atoms with van der Waals surface area (Å²) in [6, 6.07) is 10.4. The van der Waals surface area contributed by atoms with E-state index in [9.17, 15) is 0 Å². The zero-order chi connectivity index (χ0) is 8.23. The molecule has 61 valence electrons. The van der Waals surface area contributed by atoms with E-state index in [-0.39, 0.29) is 0 Å². The third-order valence-corrected chi connectivity index (χ3v) is 2.10. The molecule has 0 amide bonds. The largest absolute Gasteiger partial charge is 0.289 e. The van der Waals surface area contributed by atoms with Crippen molar-refractivity contribution in [2.75, 3.05) is 6.54 Å². The van der Waals surface area contributed by atoms with Crippen LogP contribution in [-0.4, -0.2) is 12.3 Å². The SMILES string of the molecule is [CH]1CCC(c2ccccc2)=NC1. The van der Waals surface area contributed by atoms with Crippen molar-refractivity contribution in [3.8, 4) is 0 Å². The topological polar surface area (TPSA) is 12.4 Å². The lowest BCUT2D eigenvalue weighted by Gasteiger charge is -2.10.